The van der Waals surface area contributed by atoms with E-state index in [1.165, 1.54) is 83.8 Å². The van der Waals surface area contributed by atoms with Crippen molar-refractivity contribution in [1.82, 2.24) is 20.4 Å². The largest absolute Gasteiger partial charge is 0.355 e. The Morgan fingerprint density at radius 1 is 0.923 bits per heavy atom. The third-order valence-corrected chi connectivity index (χ3v) is 6.85. The molecule has 0 spiro atoms. The van der Waals surface area contributed by atoms with E-state index in [0.29, 0.717) is 12.1 Å². The van der Waals surface area contributed by atoms with Gasteiger partial charge < -0.3 is 15.5 Å². The van der Waals surface area contributed by atoms with Gasteiger partial charge in [0.05, 0.1) is 0 Å². The van der Waals surface area contributed by atoms with Crippen LogP contribution in [0, 0.1) is 0 Å². The van der Waals surface area contributed by atoms with Gasteiger partial charge in [-0.2, -0.15) is 0 Å². The number of guanidine groups is 1. The Morgan fingerprint density at radius 3 is 2.35 bits per heavy atom. The van der Waals surface area contributed by atoms with E-state index >= 15 is 0 Å². The highest BCUT2D eigenvalue weighted by Gasteiger charge is 2.27. The SMILES string of the molecule is CCN1CCCCC1CNC(=NC)NC1CCN(C2CCCCC2)CC1. The molecule has 0 aromatic rings. The molecule has 3 aliphatic rings. The number of likely N-dealkylation sites (N-methyl/N-ethyl adjacent to an activating group) is 1. The fourth-order valence-corrected chi connectivity index (χ4v) is 5.17. The van der Waals surface area contributed by atoms with Gasteiger partial charge in [-0.1, -0.05) is 32.6 Å². The van der Waals surface area contributed by atoms with Crippen molar-refractivity contribution in [2.45, 2.75) is 89.3 Å². The second-order valence-electron chi connectivity index (χ2n) is 8.48. The Bertz CT molecular complexity index is 424. The number of likely N-dealkylation sites (tertiary alicyclic amines) is 2. The highest BCUT2D eigenvalue weighted by atomic mass is 15.2. The molecule has 2 saturated heterocycles. The summed E-state index contributed by atoms with van der Waals surface area (Å²) >= 11 is 0. The maximum absolute atomic E-state index is 4.49. The molecule has 0 aromatic heterocycles. The smallest absolute Gasteiger partial charge is 0.191 e. The maximum Gasteiger partial charge on any atom is 0.191 e. The van der Waals surface area contributed by atoms with Crippen molar-refractivity contribution in [3.63, 3.8) is 0 Å². The molecule has 0 radical (unpaired) electrons. The van der Waals surface area contributed by atoms with Crippen molar-refractivity contribution in [2.24, 2.45) is 4.99 Å². The highest BCUT2D eigenvalue weighted by Crippen LogP contribution is 2.25. The predicted molar refractivity (Wildman–Crippen MR) is 111 cm³/mol. The van der Waals surface area contributed by atoms with E-state index in [2.05, 4.69) is 32.3 Å². The van der Waals surface area contributed by atoms with E-state index < -0.39 is 0 Å². The monoisotopic (exact) mass is 363 g/mol. The lowest BCUT2D eigenvalue weighted by Gasteiger charge is -2.40. The molecule has 150 valence electrons. The van der Waals surface area contributed by atoms with Gasteiger partial charge in [0.25, 0.3) is 0 Å². The van der Waals surface area contributed by atoms with E-state index in [1.54, 1.807) is 0 Å². The van der Waals surface area contributed by atoms with E-state index in [4.69, 9.17) is 0 Å². The minimum absolute atomic E-state index is 0.578. The third-order valence-electron chi connectivity index (χ3n) is 6.85. The van der Waals surface area contributed by atoms with Crippen LogP contribution < -0.4 is 10.6 Å². The zero-order valence-electron chi connectivity index (χ0n) is 17.2. The molecule has 3 rings (SSSR count). The molecule has 0 amide bonds. The molecule has 2 aliphatic heterocycles. The molecule has 0 bridgehead atoms. The first-order valence-electron chi connectivity index (χ1n) is 11.3. The van der Waals surface area contributed by atoms with Crippen LogP contribution in [0.2, 0.25) is 0 Å². The number of piperidine rings is 2. The molecule has 0 aromatic carbocycles. The molecule has 26 heavy (non-hydrogen) atoms. The van der Waals surface area contributed by atoms with Gasteiger partial charge >= 0.3 is 0 Å². The number of hydrogen-bond donors (Lipinski definition) is 2. The summed E-state index contributed by atoms with van der Waals surface area (Å²) < 4.78 is 0. The predicted octanol–water partition coefficient (Wildman–Crippen LogP) is 2.82. The summed E-state index contributed by atoms with van der Waals surface area (Å²) in [6.07, 6.45) is 13.7. The summed E-state index contributed by atoms with van der Waals surface area (Å²) in [5.41, 5.74) is 0. The van der Waals surface area contributed by atoms with Crippen molar-refractivity contribution in [3.8, 4) is 0 Å². The third kappa shape index (κ3) is 5.59. The lowest BCUT2D eigenvalue weighted by Crippen LogP contribution is -2.53. The first kappa shape index (κ1) is 19.9. The van der Waals surface area contributed by atoms with Crippen molar-refractivity contribution in [1.29, 1.82) is 0 Å². The average molecular weight is 364 g/mol. The van der Waals surface area contributed by atoms with Gasteiger partial charge in [-0.25, -0.2) is 0 Å². The van der Waals surface area contributed by atoms with Crippen LogP contribution in [0.15, 0.2) is 4.99 Å². The fourth-order valence-electron chi connectivity index (χ4n) is 5.17. The van der Waals surface area contributed by atoms with Crippen LogP contribution in [-0.4, -0.2) is 73.7 Å². The molecule has 5 nitrogen and oxygen atoms in total. The van der Waals surface area contributed by atoms with Crippen LogP contribution >= 0.6 is 0 Å². The topological polar surface area (TPSA) is 42.9 Å². The van der Waals surface area contributed by atoms with Crippen LogP contribution in [0.25, 0.3) is 0 Å². The molecule has 2 heterocycles. The van der Waals surface area contributed by atoms with Gasteiger partial charge in [0.15, 0.2) is 5.96 Å². The molecule has 1 aliphatic carbocycles. The van der Waals surface area contributed by atoms with Gasteiger partial charge in [-0.05, 0) is 51.6 Å². The van der Waals surface area contributed by atoms with Crippen LogP contribution in [0.3, 0.4) is 0 Å². The number of hydrogen-bond acceptors (Lipinski definition) is 3. The lowest BCUT2D eigenvalue weighted by molar-refractivity contribution is 0.119. The summed E-state index contributed by atoms with van der Waals surface area (Å²) in [6.45, 7) is 8.24. The summed E-state index contributed by atoms with van der Waals surface area (Å²) in [4.78, 5) is 9.86. The Labute approximate surface area is 161 Å². The van der Waals surface area contributed by atoms with Gasteiger partial charge in [0, 0.05) is 44.8 Å². The second-order valence-corrected chi connectivity index (χ2v) is 8.48. The summed E-state index contributed by atoms with van der Waals surface area (Å²) in [5, 5.41) is 7.30. The van der Waals surface area contributed by atoms with Gasteiger partial charge in [0.1, 0.15) is 0 Å². The molecule has 1 unspecified atom stereocenters. The zero-order chi connectivity index (χ0) is 18.2. The first-order valence-corrected chi connectivity index (χ1v) is 11.3. The average Bonchev–Trinajstić information content (AvgIpc) is 2.72. The van der Waals surface area contributed by atoms with E-state index in [0.717, 1.165) is 25.1 Å². The Hall–Kier alpha value is -0.810. The molecule has 1 saturated carbocycles. The summed E-state index contributed by atoms with van der Waals surface area (Å²) in [6, 6.07) is 2.11. The Morgan fingerprint density at radius 2 is 1.65 bits per heavy atom. The zero-order valence-corrected chi connectivity index (χ0v) is 17.2. The molecular weight excluding hydrogens is 322 g/mol. The number of nitrogens with one attached hydrogen (secondary N) is 2. The normalized spacial score (nSPS) is 28.2. The fraction of sp³-hybridized carbons (Fsp3) is 0.952. The molecule has 5 heteroatoms. The first-order chi connectivity index (χ1) is 12.8. The van der Waals surface area contributed by atoms with Crippen LogP contribution in [0.5, 0.6) is 0 Å². The van der Waals surface area contributed by atoms with Crippen molar-refractivity contribution in [2.75, 3.05) is 39.8 Å². The van der Waals surface area contributed by atoms with Crippen LogP contribution in [-0.2, 0) is 0 Å². The number of aliphatic imine (C=N–C) groups is 1. The van der Waals surface area contributed by atoms with E-state index in [-0.39, 0.29) is 0 Å². The van der Waals surface area contributed by atoms with Crippen molar-refractivity contribution < 1.29 is 0 Å². The summed E-state index contributed by atoms with van der Waals surface area (Å²) in [7, 11) is 1.91. The molecular formula is C21H41N5. The second kappa shape index (κ2) is 10.5. The van der Waals surface area contributed by atoms with Crippen molar-refractivity contribution in [3.05, 3.63) is 0 Å². The Balaban J connectivity index is 1.38. The molecule has 2 N–H and O–H groups in total. The standard InChI is InChI=1S/C21H41N5/c1-3-25-14-8-7-11-20(25)17-23-21(22-2)24-18-12-15-26(16-13-18)19-9-5-4-6-10-19/h18-20H,3-17H2,1-2H3,(H2,22,23,24). The van der Waals surface area contributed by atoms with Crippen molar-refractivity contribution >= 4 is 5.96 Å². The number of rotatable bonds is 5. The quantitative estimate of drug-likeness (QED) is 0.582. The van der Waals surface area contributed by atoms with Gasteiger partial charge in [0.2, 0.25) is 0 Å². The highest BCUT2D eigenvalue weighted by molar-refractivity contribution is 5.80. The summed E-state index contributed by atoms with van der Waals surface area (Å²) in [5.74, 6) is 1.00. The number of nitrogens with zero attached hydrogens (tertiary/aromatic N) is 3. The molecule has 3 fully saturated rings. The molecule has 1 atom stereocenters. The lowest BCUT2D eigenvalue weighted by atomic mass is 9.92. The maximum atomic E-state index is 4.49. The Kier molecular flexibility index (Phi) is 8.06. The van der Waals surface area contributed by atoms with E-state index in [1.807, 2.05) is 7.05 Å². The van der Waals surface area contributed by atoms with Crippen LogP contribution in [0.1, 0.15) is 71.1 Å². The van der Waals surface area contributed by atoms with Crippen LogP contribution in [0.4, 0.5) is 0 Å². The van der Waals surface area contributed by atoms with Gasteiger partial charge in [-0.15, -0.1) is 0 Å². The van der Waals surface area contributed by atoms with Gasteiger partial charge in [-0.3, -0.25) is 9.89 Å². The van der Waals surface area contributed by atoms with E-state index in [9.17, 15) is 0 Å². The minimum Gasteiger partial charge on any atom is -0.355 e. The minimum atomic E-state index is 0.578.